The molecule has 0 aliphatic rings. The van der Waals surface area contributed by atoms with Gasteiger partial charge in [-0.1, -0.05) is 0 Å². The fourth-order valence-electron chi connectivity index (χ4n) is 2.03. The van der Waals surface area contributed by atoms with Crippen molar-refractivity contribution in [1.82, 2.24) is 15.2 Å². The van der Waals surface area contributed by atoms with Gasteiger partial charge in [0.25, 0.3) is 0 Å². The minimum Gasteiger partial charge on any atom is -0.382 e. The molecule has 0 aliphatic carbocycles. The second-order valence-corrected chi connectivity index (χ2v) is 5.05. The van der Waals surface area contributed by atoms with Crippen LogP contribution in [0.4, 0.5) is 10.2 Å². The number of halogens is 2. The van der Waals surface area contributed by atoms with Crippen LogP contribution in [0.2, 0.25) is 0 Å². The van der Waals surface area contributed by atoms with Crippen molar-refractivity contribution in [2.75, 3.05) is 5.73 Å². The molecule has 0 atom stereocenters. The molecule has 3 N–H and O–H groups in total. The van der Waals surface area contributed by atoms with E-state index in [4.69, 9.17) is 5.73 Å². The summed E-state index contributed by atoms with van der Waals surface area (Å²) < 4.78 is 13.7. The Bertz CT molecular complexity index is 752. The van der Waals surface area contributed by atoms with Crippen molar-refractivity contribution in [3.63, 3.8) is 0 Å². The molecule has 3 rings (SSSR count). The molecule has 1 aromatic carbocycles. The number of nitrogen functional groups attached to an aromatic ring is 1. The van der Waals surface area contributed by atoms with Crippen molar-refractivity contribution in [3.05, 3.63) is 53.0 Å². The van der Waals surface area contributed by atoms with Crippen LogP contribution >= 0.6 is 15.9 Å². The number of rotatable bonds is 2. The van der Waals surface area contributed by atoms with E-state index in [0.717, 1.165) is 22.4 Å². The Morgan fingerprint density at radius 1 is 1.10 bits per heavy atom. The maximum Gasteiger partial charge on any atom is 0.153 e. The van der Waals surface area contributed by atoms with E-state index in [1.165, 1.54) is 12.1 Å². The molecule has 0 amide bonds. The zero-order valence-electron chi connectivity index (χ0n) is 10.3. The molecular weight excluding hydrogens is 323 g/mol. The fraction of sp³-hybridized carbons (Fsp3) is 0. The highest BCUT2D eigenvalue weighted by Gasteiger charge is 2.15. The molecule has 0 saturated carbocycles. The molecule has 0 unspecified atom stereocenters. The van der Waals surface area contributed by atoms with Gasteiger partial charge in [0.05, 0.1) is 11.3 Å². The van der Waals surface area contributed by atoms with Crippen LogP contribution < -0.4 is 5.73 Å². The van der Waals surface area contributed by atoms with E-state index >= 15 is 0 Å². The van der Waals surface area contributed by atoms with Crippen molar-refractivity contribution < 1.29 is 4.39 Å². The van der Waals surface area contributed by atoms with Crippen LogP contribution in [0.3, 0.4) is 0 Å². The smallest absolute Gasteiger partial charge is 0.153 e. The van der Waals surface area contributed by atoms with E-state index in [2.05, 4.69) is 31.1 Å². The van der Waals surface area contributed by atoms with Gasteiger partial charge in [-0.3, -0.25) is 5.10 Å². The molecule has 2 aromatic heterocycles. The number of benzene rings is 1. The third kappa shape index (κ3) is 2.30. The number of aromatic amines is 1. The van der Waals surface area contributed by atoms with Crippen LogP contribution in [0.1, 0.15) is 0 Å². The summed E-state index contributed by atoms with van der Waals surface area (Å²) in [6.45, 7) is 0. The topological polar surface area (TPSA) is 67.6 Å². The Hall–Kier alpha value is -2.21. The third-order valence-corrected chi connectivity index (χ3v) is 3.38. The molecule has 0 spiro atoms. The molecule has 0 bridgehead atoms. The zero-order chi connectivity index (χ0) is 14.1. The van der Waals surface area contributed by atoms with E-state index in [1.807, 2.05) is 12.1 Å². The van der Waals surface area contributed by atoms with Gasteiger partial charge in [-0.2, -0.15) is 5.10 Å². The number of hydrogen-bond donors (Lipinski definition) is 2. The lowest BCUT2D eigenvalue weighted by molar-refractivity contribution is 0.628. The molecule has 0 saturated heterocycles. The van der Waals surface area contributed by atoms with Crippen LogP contribution in [-0.2, 0) is 0 Å². The molecule has 6 heteroatoms. The number of nitrogens with zero attached hydrogens (tertiary/aromatic N) is 2. The van der Waals surface area contributed by atoms with Crippen molar-refractivity contribution in [1.29, 1.82) is 0 Å². The molecule has 0 fully saturated rings. The molecule has 0 aliphatic heterocycles. The van der Waals surface area contributed by atoms with E-state index in [9.17, 15) is 4.39 Å². The van der Waals surface area contributed by atoms with E-state index in [1.54, 1.807) is 18.3 Å². The van der Waals surface area contributed by atoms with Gasteiger partial charge >= 0.3 is 0 Å². The first kappa shape index (κ1) is 12.8. The Morgan fingerprint density at radius 3 is 2.55 bits per heavy atom. The summed E-state index contributed by atoms with van der Waals surface area (Å²) in [5.74, 6) is 0.108. The standard InChI is InChI=1S/C14H10BrFN4/c15-11-7-9(5-6-18-11)12-13(19-20-14(12)17)8-1-3-10(16)4-2-8/h1-7H,(H3,17,19,20). The second-order valence-electron chi connectivity index (χ2n) is 4.23. The highest BCUT2D eigenvalue weighted by Crippen LogP contribution is 2.35. The first-order valence-electron chi connectivity index (χ1n) is 5.87. The van der Waals surface area contributed by atoms with Gasteiger partial charge in [-0.15, -0.1) is 0 Å². The van der Waals surface area contributed by atoms with E-state index in [-0.39, 0.29) is 5.82 Å². The predicted molar refractivity (Wildman–Crippen MR) is 79.3 cm³/mol. The lowest BCUT2D eigenvalue weighted by Crippen LogP contribution is -1.89. The fourth-order valence-corrected chi connectivity index (χ4v) is 2.40. The summed E-state index contributed by atoms with van der Waals surface area (Å²) in [7, 11) is 0. The largest absolute Gasteiger partial charge is 0.382 e. The zero-order valence-corrected chi connectivity index (χ0v) is 11.9. The summed E-state index contributed by atoms with van der Waals surface area (Å²) >= 11 is 3.33. The van der Waals surface area contributed by atoms with Gasteiger partial charge in [-0.25, -0.2) is 9.37 Å². The lowest BCUT2D eigenvalue weighted by atomic mass is 10.0. The van der Waals surface area contributed by atoms with Crippen molar-refractivity contribution in [3.8, 4) is 22.4 Å². The normalized spacial score (nSPS) is 10.7. The first-order chi connectivity index (χ1) is 9.65. The summed E-state index contributed by atoms with van der Waals surface area (Å²) in [6, 6.07) is 9.87. The van der Waals surface area contributed by atoms with Crippen LogP contribution in [0.25, 0.3) is 22.4 Å². The van der Waals surface area contributed by atoms with Gasteiger partial charge in [-0.05, 0) is 57.9 Å². The quantitative estimate of drug-likeness (QED) is 0.704. The highest BCUT2D eigenvalue weighted by molar-refractivity contribution is 9.10. The van der Waals surface area contributed by atoms with Gasteiger partial charge < -0.3 is 5.73 Å². The van der Waals surface area contributed by atoms with Gasteiger partial charge in [0.1, 0.15) is 10.4 Å². The van der Waals surface area contributed by atoms with E-state index in [0.29, 0.717) is 10.4 Å². The minimum absolute atomic E-state index is 0.283. The highest BCUT2D eigenvalue weighted by atomic mass is 79.9. The second kappa shape index (κ2) is 5.05. The molecule has 100 valence electrons. The lowest BCUT2D eigenvalue weighted by Gasteiger charge is -2.05. The van der Waals surface area contributed by atoms with Gasteiger partial charge in [0.15, 0.2) is 5.82 Å². The summed E-state index contributed by atoms with van der Waals surface area (Å²) in [5, 5.41) is 6.94. The molecule has 4 nitrogen and oxygen atoms in total. The molecule has 2 heterocycles. The number of anilines is 1. The Kier molecular flexibility index (Phi) is 3.23. The average molecular weight is 333 g/mol. The number of pyridine rings is 1. The number of hydrogen-bond acceptors (Lipinski definition) is 3. The maximum absolute atomic E-state index is 13.0. The minimum atomic E-state index is -0.283. The maximum atomic E-state index is 13.0. The molecular formula is C14H10BrFN4. The summed E-state index contributed by atoms with van der Waals surface area (Å²) in [4.78, 5) is 4.09. The SMILES string of the molecule is Nc1n[nH]c(-c2ccc(F)cc2)c1-c1ccnc(Br)c1. The van der Waals surface area contributed by atoms with Crippen LogP contribution in [0.15, 0.2) is 47.2 Å². The first-order valence-corrected chi connectivity index (χ1v) is 6.66. The number of H-pyrrole nitrogens is 1. The Balaban J connectivity index is 2.17. The summed E-state index contributed by atoms with van der Waals surface area (Å²) in [5.41, 5.74) is 9.17. The van der Waals surface area contributed by atoms with Crippen LogP contribution in [0, 0.1) is 5.82 Å². The number of nitrogens with one attached hydrogen (secondary N) is 1. The number of aromatic nitrogens is 3. The number of nitrogens with two attached hydrogens (primary N) is 1. The van der Waals surface area contributed by atoms with E-state index < -0.39 is 0 Å². The van der Waals surface area contributed by atoms with Crippen molar-refractivity contribution >= 4 is 21.7 Å². The predicted octanol–water partition coefficient (Wildman–Crippen LogP) is 3.62. The average Bonchev–Trinajstić information content (AvgIpc) is 2.81. The van der Waals surface area contributed by atoms with Crippen molar-refractivity contribution in [2.45, 2.75) is 0 Å². The van der Waals surface area contributed by atoms with Crippen molar-refractivity contribution in [2.24, 2.45) is 0 Å². The monoisotopic (exact) mass is 332 g/mol. The molecule has 20 heavy (non-hydrogen) atoms. The Labute approximate surface area is 123 Å². The molecule has 0 radical (unpaired) electrons. The van der Waals surface area contributed by atoms with Gasteiger partial charge in [0, 0.05) is 11.8 Å². The third-order valence-electron chi connectivity index (χ3n) is 2.94. The summed E-state index contributed by atoms with van der Waals surface area (Å²) in [6.07, 6.45) is 1.68. The van der Waals surface area contributed by atoms with Gasteiger partial charge in [0.2, 0.25) is 0 Å². The van der Waals surface area contributed by atoms with Crippen LogP contribution in [-0.4, -0.2) is 15.2 Å². The molecule has 3 aromatic rings. The van der Waals surface area contributed by atoms with Crippen LogP contribution in [0.5, 0.6) is 0 Å². The Morgan fingerprint density at radius 2 is 1.85 bits per heavy atom.